The second-order valence-corrected chi connectivity index (χ2v) is 4.95. The van der Waals surface area contributed by atoms with E-state index in [0.717, 1.165) is 29.2 Å². The van der Waals surface area contributed by atoms with E-state index in [0.29, 0.717) is 6.04 Å². The molecule has 0 aliphatic rings. The lowest BCUT2D eigenvalue weighted by Gasteiger charge is -2.16. The summed E-state index contributed by atoms with van der Waals surface area (Å²) in [6, 6.07) is 14.8. The van der Waals surface area contributed by atoms with Crippen LogP contribution in [-0.4, -0.2) is 20.8 Å². The van der Waals surface area contributed by atoms with Crippen LogP contribution in [0.5, 0.6) is 11.5 Å². The number of rotatable bonds is 6. The summed E-state index contributed by atoms with van der Waals surface area (Å²) in [5, 5.41) is 3.44. The third-order valence-corrected chi connectivity index (χ3v) is 3.61. The van der Waals surface area contributed by atoms with E-state index in [1.54, 1.807) is 14.2 Å². The van der Waals surface area contributed by atoms with E-state index < -0.39 is 0 Å². The minimum absolute atomic E-state index is 0.326. The van der Waals surface area contributed by atoms with Crippen LogP contribution in [-0.2, 0) is 0 Å². The molecule has 21 heavy (non-hydrogen) atoms. The number of nitrogens with one attached hydrogen (secondary N) is 1. The van der Waals surface area contributed by atoms with E-state index in [1.165, 1.54) is 5.56 Å². The Balaban J connectivity index is 2.45. The molecule has 3 heteroatoms. The Hall–Kier alpha value is -2.00. The number of methoxy groups -OCH3 is 2. The quantitative estimate of drug-likeness (QED) is 0.869. The molecule has 0 aliphatic carbocycles. The Kier molecular flexibility index (Phi) is 5.23. The topological polar surface area (TPSA) is 30.5 Å². The zero-order valence-corrected chi connectivity index (χ0v) is 13.1. The molecule has 0 saturated carbocycles. The molecule has 0 saturated heterocycles. The molecular formula is C18H23NO2. The maximum Gasteiger partial charge on any atom is 0.168 e. The van der Waals surface area contributed by atoms with Crippen LogP contribution >= 0.6 is 0 Å². The summed E-state index contributed by atoms with van der Waals surface area (Å²) in [4.78, 5) is 0. The third kappa shape index (κ3) is 3.37. The molecule has 1 atom stereocenters. The molecule has 1 unspecified atom stereocenters. The molecule has 0 heterocycles. The molecule has 3 nitrogen and oxygen atoms in total. The Labute approximate surface area is 126 Å². The van der Waals surface area contributed by atoms with Crippen LogP contribution < -0.4 is 14.8 Å². The van der Waals surface area contributed by atoms with Gasteiger partial charge in [-0.2, -0.15) is 0 Å². The lowest BCUT2D eigenvalue weighted by molar-refractivity contribution is 0.356. The Morgan fingerprint density at radius 2 is 1.81 bits per heavy atom. The molecule has 0 spiro atoms. The smallest absolute Gasteiger partial charge is 0.168 e. The molecule has 2 aromatic carbocycles. The number of para-hydroxylation sites is 1. The van der Waals surface area contributed by atoms with E-state index >= 15 is 0 Å². The van der Waals surface area contributed by atoms with Gasteiger partial charge in [-0.3, -0.25) is 0 Å². The predicted octanol–water partition coefficient (Wildman–Crippen LogP) is 4.04. The minimum atomic E-state index is 0.326. The van der Waals surface area contributed by atoms with Crippen molar-refractivity contribution in [1.82, 2.24) is 5.32 Å². The maximum absolute atomic E-state index is 5.53. The second-order valence-electron chi connectivity index (χ2n) is 4.95. The van der Waals surface area contributed by atoms with Crippen LogP contribution in [0, 0.1) is 0 Å². The summed E-state index contributed by atoms with van der Waals surface area (Å²) >= 11 is 0. The number of hydrogen-bond acceptors (Lipinski definition) is 3. The average molecular weight is 285 g/mol. The molecule has 0 aromatic heterocycles. The zero-order chi connectivity index (χ0) is 15.2. The summed E-state index contributed by atoms with van der Waals surface area (Å²) in [6.07, 6.45) is 0. The molecule has 0 radical (unpaired) electrons. The lowest BCUT2D eigenvalue weighted by Crippen LogP contribution is -2.17. The van der Waals surface area contributed by atoms with Crippen molar-refractivity contribution in [2.24, 2.45) is 0 Å². The molecule has 1 N–H and O–H groups in total. The van der Waals surface area contributed by atoms with Crippen molar-refractivity contribution in [2.75, 3.05) is 20.8 Å². The van der Waals surface area contributed by atoms with Crippen LogP contribution in [0.15, 0.2) is 42.5 Å². The van der Waals surface area contributed by atoms with Gasteiger partial charge in [0, 0.05) is 11.6 Å². The van der Waals surface area contributed by atoms with Gasteiger partial charge in [-0.05, 0) is 36.7 Å². The minimum Gasteiger partial charge on any atom is -0.493 e. The Morgan fingerprint density at radius 3 is 2.48 bits per heavy atom. The van der Waals surface area contributed by atoms with Crippen molar-refractivity contribution >= 4 is 0 Å². The maximum atomic E-state index is 5.53. The molecular weight excluding hydrogens is 262 g/mol. The Morgan fingerprint density at radius 1 is 1.05 bits per heavy atom. The lowest BCUT2D eigenvalue weighted by atomic mass is 9.99. The number of benzene rings is 2. The fourth-order valence-electron chi connectivity index (χ4n) is 2.51. The van der Waals surface area contributed by atoms with Crippen LogP contribution in [0.3, 0.4) is 0 Å². The first kappa shape index (κ1) is 15.4. The first-order chi connectivity index (χ1) is 10.2. The second kappa shape index (κ2) is 7.14. The van der Waals surface area contributed by atoms with Gasteiger partial charge in [-0.1, -0.05) is 37.3 Å². The highest BCUT2D eigenvalue weighted by molar-refractivity contribution is 5.74. The van der Waals surface area contributed by atoms with E-state index in [2.05, 4.69) is 49.5 Å². The van der Waals surface area contributed by atoms with Gasteiger partial charge in [0.25, 0.3) is 0 Å². The number of hydrogen-bond donors (Lipinski definition) is 1. The van der Waals surface area contributed by atoms with Crippen molar-refractivity contribution in [2.45, 2.75) is 19.9 Å². The highest BCUT2D eigenvalue weighted by Gasteiger charge is 2.12. The molecule has 0 aliphatic heterocycles. The fourth-order valence-corrected chi connectivity index (χ4v) is 2.51. The van der Waals surface area contributed by atoms with Crippen molar-refractivity contribution in [3.05, 3.63) is 48.0 Å². The van der Waals surface area contributed by atoms with Gasteiger partial charge in [0.15, 0.2) is 11.5 Å². The molecule has 2 rings (SSSR count). The number of ether oxygens (including phenoxy) is 2. The highest BCUT2D eigenvalue weighted by Crippen LogP contribution is 2.38. The standard InChI is InChI=1S/C18H23NO2/c1-5-19-13(2)14-8-6-9-15(12-14)16-10-7-11-17(20-3)18(16)21-4/h6-13,19H,5H2,1-4H3. The van der Waals surface area contributed by atoms with Crippen LogP contribution in [0.2, 0.25) is 0 Å². The molecule has 112 valence electrons. The van der Waals surface area contributed by atoms with E-state index in [1.807, 2.05) is 12.1 Å². The third-order valence-electron chi connectivity index (χ3n) is 3.61. The van der Waals surface area contributed by atoms with Crippen molar-refractivity contribution in [3.8, 4) is 22.6 Å². The Bertz CT molecular complexity index is 596. The average Bonchev–Trinajstić information content (AvgIpc) is 2.54. The van der Waals surface area contributed by atoms with Crippen LogP contribution in [0.25, 0.3) is 11.1 Å². The fraction of sp³-hybridized carbons (Fsp3) is 0.333. The SMILES string of the molecule is CCNC(C)c1cccc(-c2cccc(OC)c2OC)c1. The van der Waals surface area contributed by atoms with Crippen LogP contribution in [0.4, 0.5) is 0 Å². The largest absolute Gasteiger partial charge is 0.493 e. The summed E-state index contributed by atoms with van der Waals surface area (Å²) < 4.78 is 10.9. The van der Waals surface area contributed by atoms with Crippen molar-refractivity contribution in [3.63, 3.8) is 0 Å². The molecule has 0 bridgehead atoms. The molecule has 0 amide bonds. The van der Waals surface area contributed by atoms with Crippen LogP contribution in [0.1, 0.15) is 25.5 Å². The van der Waals surface area contributed by atoms with Crippen molar-refractivity contribution < 1.29 is 9.47 Å². The van der Waals surface area contributed by atoms with Gasteiger partial charge >= 0.3 is 0 Å². The van der Waals surface area contributed by atoms with Gasteiger partial charge in [0.2, 0.25) is 0 Å². The normalized spacial score (nSPS) is 12.0. The van der Waals surface area contributed by atoms with Crippen molar-refractivity contribution in [1.29, 1.82) is 0 Å². The summed E-state index contributed by atoms with van der Waals surface area (Å²) in [6.45, 7) is 5.24. The van der Waals surface area contributed by atoms with Gasteiger partial charge in [-0.15, -0.1) is 0 Å². The van der Waals surface area contributed by atoms with Gasteiger partial charge in [-0.25, -0.2) is 0 Å². The van der Waals surface area contributed by atoms with E-state index in [9.17, 15) is 0 Å². The molecule has 2 aromatic rings. The van der Waals surface area contributed by atoms with Gasteiger partial charge in [0.1, 0.15) is 0 Å². The van der Waals surface area contributed by atoms with Gasteiger partial charge in [0.05, 0.1) is 14.2 Å². The summed E-state index contributed by atoms with van der Waals surface area (Å²) in [5.41, 5.74) is 3.44. The zero-order valence-electron chi connectivity index (χ0n) is 13.1. The van der Waals surface area contributed by atoms with E-state index in [-0.39, 0.29) is 0 Å². The first-order valence-corrected chi connectivity index (χ1v) is 7.26. The van der Waals surface area contributed by atoms with Gasteiger partial charge < -0.3 is 14.8 Å². The van der Waals surface area contributed by atoms with E-state index in [4.69, 9.17) is 9.47 Å². The highest BCUT2D eigenvalue weighted by atomic mass is 16.5. The summed E-state index contributed by atoms with van der Waals surface area (Å²) in [5.74, 6) is 1.52. The predicted molar refractivity (Wildman–Crippen MR) is 87.1 cm³/mol. The summed E-state index contributed by atoms with van der Waals surface area (Å²) in [7, 11) is 3.33. The molecule has 0 fully saturated rings. The monoisotopic (exact) mass is 285 g/mol. The first-order valence-electron chi connectivity index (χ1n) is 7.26.